The van der Waals surface area contributed by atoms with Gasteiger partial charge in [-0.25, -0.2) is 0 Å². The zero-order chi connectivity index (χ0) is 13.0. The zero-order valence-electron chi connectivity index (χ0n) is 9.83. The van der Waals surface area contributed by atoms with E-state index in [4.69, 9.17) is 12.2 Å². The van der Waals surface area contributed by atoms with Crippen molar-refractivity contribution < 1.29 is 4.79 Å². The van der Waals surface area contributed by atoms with Gasteiger partial charge in [0, 0.05) is 10.2 Å². The standard InChI is InChI=1S/C13H15BrN2O/c1-4-12(8(2)3)16-13(17)10-7-9(15)5-6-11(10)14/h1,5-8,12H,15H2,2-3H3,(H,16,17). The van der Waals surface area contributed by atoms with E-state index in [-0.39, 0.29) is 17.9 Å². The van der Waals surface area contributed by atoms with Gasteiger partial charge in [-0.15, -0.1) is 6.42 Å². The molecule has 90 valence electrons. The fourth-order valence-corrected chi connectivity index (χ4v) is 1.76. The van der Waals surface area contributed by atoms with Gasteiger partial charge in [0.1, 0.15) is 0 Å². The predicted molar refractivity (Wildman–Crippen MR) is 73.5 cm³/mol. The molecule has 1 aromatic rings. The van der Waals surface area contributed by atoms with Crippen LogP contribution in [0.4, 0.5) is 5.69 Å². The maximum absolute atomic E-state index is 12.0. The summed E-state index contributed by atoms with van der Waals surface area (Å²) in [5.41, 5.74) is 6.68. The van der Waals surface area contributed by atoms with E-state index in [0.717, 1.165) is 0 Å². The highest BCUT2D eigenvalue weighted by Crippen LogP contribution is 2.19. The highest BCUT2D eigenvalue weighted by molar-refractivity contribution is 9.10. The Hall–Kier alpha value is -1.47. The van der Waals surface area contributed by atoms with Crippen LogP contribution in [0.3, 0.4) is 0 Å². The van der Waals surface area contributed by atoms with E-state index in [1.165, 1.54) is 0 Å². The van der Waals surface area contributed by atoms with Gasteiger partial charge in [-0.3, -0.25) is 4.79 Å². The van der Waals surface area contributed by atoms with E-state index in [0.29, 0.717) is 15.7 Å². The van der Waals surface area contributed by atoms with Gasteiger partial charge in [-0.2, -0.15) is 0 Å². The lowest BCUT2D eigenvalue weighted by molar-refractivity contribution is 0.0937. The van der Waals surface area contributed by atoms with Gasteiger partial charge in [0.05, 0.1) is 11.6 Å². The summed E-state index contributed by atoms with van der Waals surface area (Å²) in [4.78, 5) is 12.0. The first kappa shape index (κ1) is 13.6. The van der Waals surface area contributed by atoms with Crippen LogP contribution < -0.4 is 11.1 Å². The molecule has 0 aliphatic carbocycles. The van der Waals surface area contributed by atoms with Crippen LogP contribution in [-0.4, -0.2) is 11.9 Å². The average Bonchev–Trinajstić information content (AvgIpc) is 2.28. The zero-order valence-corrected chi connectivity index (χ0v) is 11.4. The number of carbonyl (C=O) groups excluding carboxylic acids is 1. The van der Waals surface area contributed by atoms with E-state index < -0.39 is 0 Å². The van der Waals surface area contributed by atoms with Crippen LogP contribution in [0.1, 0.15) is 24.2 Å². The lowest BCUT2D eigenvalue weighted by atomic mass is 10.0. The second kappa shape index (κ2) is 5.74. The molecule has 1 rings (SSSR count). The molecule has 0 heterocycles. The topological polar surface area (TPSA) is 55.1 Å². The number of hydrogen-bond donors (Lipinski definition) is 2. The van der Waals surface area contributed by atoms with Crippen LogP contribution in [-0.2, 0) is 0 Å². The highest BCUT2D eigenvalue weighted by Gasteiger charge is 2.16. The number of carbonyl (C=O) groups is 1. The molecular formula is C13H15BrN2O. The number of benzene rings is 1. The van der Waals surface area contributed by atoms with Crippen LogP contribution in [0.15, 0.2) is 22.7 Å². The summed E-state index contributed by atoms with van der Waals surface area (Å²) in [5, 5.41) is 2.79. The summed E-state index contributed by atoms with van der Waals surface area (Å²) >= 11 is 3.31. The Morgan fingerprint density at radius 2 is 2.18 bits per heavy atom. The maximum atomic E-state index is 12.0. The second-order valence-electron chi connectivity index (χ2n) is 4.10. The number of amides is 1. The summed E-state index contributed by atoms with van der Waals surface area (Å²) in [6.45, 7) is 3.92. The molecule has 3 nitrogen and oxygen atoms in total. The largest absolute Gasteiger partial charge is 0.399 e. The molecule has 1 amide bonds. The number of nitrogens with one attached hydrogen (secondary N) is 1. The van der Waals surface area contributed by atoms with Crippen LogP contribution in [0.5, 0.6) is 0 Å². The minimum absolute atomic E-state index is 0.184. The molecule has 0 saturated carbocycles. The van der Waals surface area contributed by atoms with E-state index in [9.17, 15) is 4.79 Å². The summed E-state index contributed by atoms with van der Waals surface area (Å²) < 4.78 is 0.698. The van der Waals surface area contributed by atoms with Crippen LogP contribution in [0.25, 0.3) is 0 Å². The van der Waals surface area contributed by atoms with Gasteiger partial charge in [0.2, 0.25) is 0 Å². The molecule has 0 saturated heterocycles. The van der Waals surface area contributed by atoms with Crippen molar-refractivity contribution in [3.8, 4) is 12.3 Å². The molecule has 0 fully saturated rings. The third kappa shape index (κ3) is 3.50. The molecule has 1 unspecified atom stereocenters. The Bertz CT molecular complexity index is 463. The maximum Gasteiger partial charge on any atom is 0.253 e. The van der Waals surface area contributed by atoms with E-state index in [1.807, 2.05) is 13.8 Å². The van der Waals surface area contributed by atoms with Crippen molar-refractivity contribution in [2.24, 2.45) is 5.92 Å². The van der Waals surface area contributed by atoms with Crippen LogP contribution in [0.2, 0.25) is 0 Å². The fraction of sp³-hybridized carbons (Fsp3) is 0.308. The number of nitrogens with two attached hydrogens (primary N) is 1. The molecule has 0 spiro atoms. The SMILES string of the molecule is C#CC(NC(=O)c1cc(N)ccc1Br)C(C)C. The van der Waals surface area contributed by atoms with Crippen molar-refractivity contribution >= 4 is 27.5 Å². The molecule has 17 heavy (non-hydrogen) atoms. The number of anilines is 1. The molecule has 1 atom stereocenters. The lowest BCUT2D eigenvalue weighted by Crippen LogP contribution is -2.37. The van der Waals surface area contributed by atoms with Crippen molar-refractivity contribution in [2.75, 3.05) is 5.73 Å². The smallest absolute Gasteiger partial charge is 0.253 e. The number of nitrogen functional groups attached to an aromatic ring is 1. The van der Waals surface area contributed by atoms with Crippen LogP contribution >= 0.6 is 15.9 Å². The summed E-state index contributed by atoms with van der Waals surface area (Å²) in [7, 11) is 0. The molecule has 3 N–H and O–H groups in total. The third-order valence-electron chi connectivity index (χ3n) is 2.37. The van der Waals surface area contributed by atoms with Crippen molar-refractivity contribution in [3.63, 3.8) is 0 Å². The number of halogens is 1. The van der Waals surface area contributed by atoms with E-state index in [1.54, 1.807) is 18.2 Å². The van der Waals surface area contributed by atoms with Crippen molar-refractivity contribution in [2.45, 2.75) is 19.9 Å². The van der Waals surface area contributed by atoms with E-state index in [2.05, 4.69) is 27.2 Å². The molecule has 1 aromatic carbocycles. The third-order valence-corrected chi connectivity index (χ3v) is 3.06. The molecule has 0 bridgehead atoms. The Morgan fingerprint density at radius 3 is 2.71 bits per heavy atom. The minimum Gasteiger partial charge on any atom is -0.399 e. The first-order chi connectivity index (χ1) is 7.95. The number of hydrogen-bond acceptors (Lipinski definition) is 2. The quantitative estimate of drug-likeness (QED) is 0.664. The normalized spacial score (nSPS) is 11.9. The first-order valence-electron chi connectivity index (χ1n) is 5.27. The Morgan fingerprint density at radius 1 is 1.53 bits per heavy atom. The van der Waals surface area contributed by atoms with Gasteiger partial charge in [0.25, 0.3) is 5.91 Å². The average molecular weight is 295 g/mol. The van der Waals surface area contributed by atoms with Gasteiger partial charge < -0.3 is 11.1 Å². The Balaban J connectivity index is 2.90. The molecular weight excluding hydrogens is 280 g/mol. The van der Waals surface area contributed by atoms with Gasteiger partial charge >= 0.3 is 0 Å². The number of terminal acetylenes is 1. The van der Waals surface area contributed by atoms with Crippen molar-refractivity contribution in [3.05, 3.63) is 28.2 Å². The molecule has 0 aromatic heterocycles. The van der Waals surface area contributed by atoms with Crippen molar-refractivity contribution in [1.82, 2.24) is 5.32 Å². The van der Waals surface area contributed by atoms with Gasteiger partial charge in [-0.05, 0) is 40.0 Å². The highest BCUT2D eigenvalue weighted by atomic mass is 79.9. The fourth-order valence-electron chi connectivity index (χ4n) is 1.34. The minimum atomic E-state index is -0.282. The van der Waals surface area contributed by atoms with Crippen LogP contribution in [0, 0.1) is 18.3 Å². The molecule has 0 radical (unpaired) electrons. The molecule has 4 heteroatoms. The monoisotopic (exact) mass is 294 g/mol. The first-order valence-corrected chi connectivity index (χ1v) is 6.07. The lowest BCUT2D eigenvalue weighted by Gasteiger charge is -2.17. The Labute approximate surface area is 110 Å². The second-order valence-corrected chi connectivity index (χ2v) is 4.96. The number of rotatable bonds is 3. The summed E-state index contributed by atoms with van der Waals surface area (Å²) in [5.74, 6) is 2.52. The van der Waals surface area contributed by atoms with E-state index >= 15 is 0 Å². The summed E-state index contributed by atoms with van der Waals surface area (Å²) in [6, 6.07) is 4.80. The predicted octanol–water partition coefficient (Wildman–Crippen LogP) is 2.42. The molecule has 0 aliphatic heterocycles. The Kier molecular flexibility index (Phi) is 4.59. The van der Waals surface area contributed by atoms with Gasteiger partial charge in [0.15, 0.2) is 0 Å². The summed E-state index contributed by atoms with van der Waals surface area (Å²) in [6.07, 6.45) is 5.37. The van der Waals surface area contributed by atoms with Gasteiger partial charge in [-0.1, -0.05) is 19.8 Å². The molecule has 0 aliphatic rings. The van der Waals surface area contributed by atoms with Crippen molar-refractivity contribution in [1.29, 1.82) is 0 Å².